The first-order valence-electron chi connectivity index (χ1n) is 17.1. The van der Waals surface area contributed by atoms with Crippen LogP contribution >= 0.6 is 0 Å². The molecular formula is C48H35N. The Hall–Kier alpha value is -6.18. The Bertz CT molecular complexity index is 2340. The van der Waals surface area contributed by atoms with Crippen molar-refractivity contribution < 1.29 is 0 Å². The maximum Gasteiger partial charge on any atom is 0.0710 e. The molecule has 2 aliphatic carbocycles. The normalized spacial score (nSPS) is 14.4. The van der Waals surface area contributed by atoms with E-state index in [2.05, 4.69) is 205 Å². The smallest absolute Gasteiger partial charge is 0.0710 e. The zero-order valence-corrected chi connectivity index (χ0v) is 27.2. The number of rotatable bonds is 6. The molecule has 0 unspecified atom stereocenters. The number of nitrogens with zero attached hydrogens (tertiary/aromatic N) is 1. The molecule has 2 aliphatic rings. The van der Waals surface area contributed by atoms with Crippen LogP contribution in [0.5, 0.6) is 0 Å². The van der Waals surface area contributed by atoms with Gasteiger partial charge < -0.3 is 4.90 Å². The van der Waals surface area contributed by atoms with Crippen molar-refractivity contribution in [3.05, 3.63) is 228 Å². The summed E-state index contributed by atoms with van der Waals surface area (Å²) in [5.41, 5.74) is 13.3. The lowest BCUT2D eigenvalue weighted by Crippen LogP contribution is -2.29. The molecule has 7 aromatic carbocycles. The van der Waals surface area contributed by atoms with Gasteiger partial charge in [-0.15, -0.1) is 0 Å². The fraction of sp³-hybridized carbons (Fsp3) is 0.0417. The first-order chi connectivity index (χ1) is 24.3. The van der Waals surface area contributed by atoms with E-state index in [0.717, 1.165) is 23.5 Å². The summed E-state index contributed by atoms with van der Waals surface area (Å²) in [6, 6.07) is 63.9. The summed E-state index contributed by atoms with van der Waals surface area (Å²) >= 11 is 0. The Balaban J connectivity index is 1.15. The van der Waals surface area contributed by atoms with Crippen LogP contribution in [-0.4, -0.2) is 0 Å². The average Bonchev–Trinajstić information content (AvgIpc) is 3.27. The maximum absolute atomic E-state index is 2.43. The average molecular weight is 626 g/mol. The summed E-state index contributed by atoms with van der Waals surface area (Å²) in [7, 11) is 0. The molecule has 7 aromatic rings. The zero-order chi connectivity index (χ0) is 32.6. The molecule has 0 atom stereocenters. The van der Waals surface area contributed by atoms with Crippen molar-refractivity contribution in [2.75, 3.05) is 4.90 Å². The van der Waals surface area contributed by atoms with Gasteiger partial charge in [0.2, 0.25) is 0 Å². The lowest BCUT2D eigenvalue weighted by molar-refractivity contribution is 0.763. The molecule has 0 saturated carbocycles. The number of hydrogen-bond acceptors (Lipinski definition) is 1. The summed E-state index contributed by atoms with van der Waals surface area (Å²) in [6.07, 6.45) is 10.3. The monoisotopic (exact) mass is 625 g/mol. The highest BCUT2D eigenvalue weighted by molar-refractivity contribution is 5.97. The molecule has 0 fully saturated rings. The van der Waals surface area contributed by atoms with Crippen LogP contribution in [0.1, 0.15) is 23.1 Å². The minimum atomic E-state index is -0.411. The van der Waals surface area contributed by atoms with Gasteiger partial charge >= 0.3 is 0 Å². The van der Waals surface area contributed by atoms with E-state index in [1.165, 1.54) is 55.3 Å². The summed E-state index contributed by atoms with van der Waals surface area (Å²) in [6.45, 7) is 0. The van der Waals surface area contributed by atoms with Crippen LogP contribution in [0.15, 0.2) is 211 Å². The molecule has 0 N–H and O–H groups in total. The Labute approximate surface area is 288 Å². The Morgan fingerprint density at radius 2 is 1.00 bits per heavy atom. The number of allylic oxidation sites excluding steroid dienone is 5. The van der Waals surface area contributed by atoms with Crippen molar-refractivity contribution in [1.82, 2.24) is 0 Å². The number of hydrogen-bond donors (Lipinski definition) is 0. The van der Waals surface area contributed by atoms with E-state index in [0.29, 0.717) is 0 Å². The quantitative estimate of drug-likeness (QED) is 0.178. The second-order valence-electron chi connectivity index (χ2n) is 12.8. The summed E-state index contributed by atoms with van der Waals surface area (Å²) in [5.74, 6) is 0. The fourth-order valence-electron chi connectivity index (χ4n) is 8.07. The molecule has 1 heteroatoms. The van der Waals surface area contributed by atoms with Gasteiger partial charge in [-0.05, 0) is 92.1 Å². The molecule has 1 nitrogen and oxygen atoms in total. The van der Waals surface area contributed by atoms with Gasteiger partial charge in [0.1, 0.15) is 0 Å². The first kappa shape index (κ1) is 29.0. The number of para-hydroxylation sites is 1. The van der Waals surface area contributed by atoms with Crippen molar-refractivity contribution >= 4 is 22.1 Å². The van der Waals surface area contributed by atoms with Gasteiger partial charge in [0.15, 0.2) is 0 Å². The molecule has 49 heavy (non-hydrogen) atoms. The van der Waals surface area contributed by atoms with Crippen LogP contribution in [0.25, 0.3) is 33.0 Å². The highest BCUT2D eigenvalue weighted by atomic mass is 15.1. The van der Waals surface area contributed by atoms with E-state index >= 15 is 0 Å². The minimum Gasteiger partial charge on any atom is -0.311 e. The van der Waals surface area contributed by atoms with Gasteiger partial charge in [0, 0.05) is 17.1 Å². The predicted molar refractivity (Wildman–Crippen MR) is 206 cm³/mol. The molecule has 0 amide bonds. The van der Waals surface area contributed by atoms with Crippen molar-refractivity contribution in [2.24, 2.45) is 0 Å². The molecule has 0 aromatic heterocycles. The van der Waals surface area contributed by atoms with Gasteiger partial charge in [-0.25, -0.2) is 0 Å². The van der Waals surface area contributed by atoms with Crippen molar-refractivity contribution in [3.63, 3.8) is 0 Å². The third-order valence-electron chi connectivity index (χ3n) is 10.2. The zero-order valence-electron chi connectivity index (χ0n) is 27.2. The molecule has 0 heterocycles. The third-order valence-corrected chi connectivity index (χ3v) is 10.2. The molecular weight excluding hydrogens is 591 g/mol. The van der Waals surface area contributed by atoms with E-state index in [1.807, 2.05) is 0 Å². The number of anilines is 2. The minimum absolute atomic E-state index is 0.411. The largest absolute Gasteiger partial charge is 0.311 e. The number of fused-ring (bicyclic) bond motifs is 4. The first-order valence-corrected chi connectivity index (χ1v) is 17.1. The van der Waals surface area contributed by atoms with Crippen molar-refractivity contribution in [3.8, 4) is 22.3 Å². The fourth-order valence-corrected chi connectivity index (χ4v) is 8.07. The summed E-state index contributed by atoms with van der Waals surface area (Å²) < 4.78 is 0. The maximum atomic E-state index is 2.43. The van der Waals surface area contributed by atoms with Gasteiger partial charge in [-0.3, -0.25) is 0 Å². The molecule has 0 saturated heterocycles. The molecule has 9 rings (SSSR count). The van der Waals surface area contributed by atoms with E-state index in [1.54, 1.807) is 0 Å². The SMILES string of the molecule is C1=CC(C2(c3ccccc3)c3ccccc3-c3ccccc32)=CCC=C1N(c1ccccc1)c1ccc(-c2cccc3ccccc23)cc1. The Morgan fingerprint density at radius 3 is 1.73 bits per heavy atom. The van der Waals surface area contributed by atoms with Crippen LogP contribution in [0, 0.1) is 0 Å². The van der Waals surface area contributed by atoms with Gasteiger partial charge in [-0.1, -0.05) is 170 Å². The van der Waals surface area contributed by atoms with E-state index < -0.39 is 5.41 Å². The second kappa shape index (κ2) is 12.1. The van der Waals surface area contributed by atoms with Crippen LogP contribution in [-0.2, 0) is 5.41 Å². The van der Waals surface area contributed by atoms with Crippen LogP contribution in [0.3, 0.4) is 0 Å². The molecule has 0 aliphatic heterocycles. The standard InChI is InChI=1S/C48H35N/c1-3-17-37(18-4-1)48(46-27-11-9-24-44(46)45-25-10-12-28-47(45)48)38-19-14-22-40(34-31-38)49(39-20-5-2-6-21-39)41-32-29-36(30-33-41)43-26-13-16-35-15-7-8-23-42(35)43/h1-13,15-34H,14H2. The Kier molecular flexibility index (Phi) is 7.17. The van der Waals surface area contributed by atoms with Crippen LogP contribution in [0.4, 0.5) is 11.4 Å². The van der Waals surface area contributed by atoms with Crippen molar-refractivity contribution in [1.29, 1.82) is 0 Å². The lowest BCUT2D eigenvalue weighted by Gasteiger charge is -2.34. The van der Waals surface area contributed by atoms with E-state index in [9.17, 15) is 0 Å². The van der Waals surface area contributed by atoms with Crippen molar-refractivity contribution in [2.45, 2.75) is 11.8 Å². The topological polar surface area (TPSA) is 3.24 Å². The molecule has 232 valence electrons. The van der Waals surface area contributed by atoms with Crippen LogP contribution < -0.4 is 4.90 Å². The van der Waals surface area contributed by atoms with Gasteiger partial charge in [-0.2, -0.15) is 0 Å². The van der Waals surface area contributed by atoms with Gasteiger partial charge in [0.05, 0.1) is 5.41 Å². The summed E-state index contributed by atoms with van der Waals surface area (Å²) in [5, 5.41) is 2.53. The van der Waals surface area contributed by atoms with Gasteiger partial charge in [0.25, 0.3) is 0 Å². The number of benzene rings is 7. The van der Waals surface area contributed by atoms with E-state index in [4.69, 9.17) is 0 Å². The highest BCUT2D eigenvalue weighted by Gasteiger charge is 2.46. The molecule has 0 radical (unpaired) electrons. The molecule has 0 spiro atoms. The molecule has 0 bridgehead atoms. The lowest BCUT2D eigenvalue weighted by atomic mass is 9.67. The summed E-state index contributed by atoms with van der Waals surface area (Å²) in [4.78, 5) is 2.38. The second-order valence-corrected chi connectivity index (χ2v) is 12.8. The third kappa shape index (κ3) is 4.78. The predicted octanol–water partition coefficient (Wildman–Crippen LogP) is 12.4. The Morgan fingerprint density at radius 1 is 0.429 bits per heavy atom. The highest BCUT2D eigenvalue weighted by Crippen LogP contribution is 2.56. The van der Waals surface area contributed by atoms with E-state index in [-0.39, 0.29) is 0 Å². The van der Waals surface area contributed by atoms with Crippen LogP contribution in [0.2, 0.25) is 0 Å².